The van der Waals surface area contributed by atoms with Gasteiger partial charge in [-0.2, -0.15) is 39.5 Å². The Bertz CT molecular complexity index is 1390. The number of rotatable bonds is 8. The zero-order valence-electron chi connectivity index (χ0n) is 21.9. The van der Waals surface area contributed by atoms with Crippen molar-refractivity contribution in [2.24, 2.45) is 5.92 Å². The molecule has 0 fully saturated rings. The highest BCUT2D eigenvalue weighted by molar-refractivity contribution is 6.41. The number of benzene rings is 2. The maximum absolute atomic E-state index is 12.8. The third kappa shape index (κ3) is 9.41. The van der Waals surface area contributed by atoms with Crippen LogP contribution in [0.4, 0.5) is 50.9 Å². The lowest BCUT2D eigenvalue weighted by Crippen LogP contribution is -2.40. The highest BCUT2D eigenvalue weighted by Gasteiger charge is 2.54. The van der Waals surface area contributed by atoms with Crippen LogP contribution in [0, 0.1) is 5.92 Å². The molecule has 1 heterocycles. The molecule has 16 heteroatoms. The molecule has 0 radical (unpaired) electrons. The Kier molecular flexibility index (Phi) is 10.6. The average Bonchev–Trinajstić information content (AvgIpc) is 3.27. The van der Waals surface area contributed by atoms with Gasteiger partial charge in [0, 0.05) is 29.7 Å². The van der Waals surface area contributed by atoms with Gasteiger partial charge in [0.05, 0.1) is 23.4 Å². The Morgan fingerprint density at radius 1 is 0.881 bits per heavy atom. The molecule has 0 spiro atoms. The summed E-state index contributed by atoms with van der Waals surface area (Å²) in [6.45, 7) is 4.24. The number of hydrogen-bond acceptors (Lipinski definition) is 5. The Morgan fingerprint density at radius 3 is 1.95 bits per heavy atom. The molecule has 0 aliphatic rings. The van der Waals surface area contributed by atoms with Gasteiger partial charge in [0.25, 0.3) is 0 Å². The van der Waals surface area contributed by atoms with Crippen molar-refractivity contribution >= 4 is 39.8 Å². The molecule has 0 unspecified atom stereocenters. The van der Waals surface area contributed by atoms with E-state index in [9.17, 15) is 53.9 Å². The Morgan fingerprint density at radius 2 is 1.45 bits per heavy atom. The molecule has 0 saturated heterocycles. The van der Waals surface area contributed by atoms with E-state index in [1.807, 2.05) is 44.3 Å². The lowest BCUT2D eigenvalue weighted by Gasteiger charge is -2.25. The average molecular weight is 612 g/mol. The zero-order chi connectivity index (χ0) is 32.0. The number of alkyl halides is 9. The molecule has 3 rings (SSSR count). The van der Waals surface area contributed by atoms with Crippen LogP contribution in [-0.4, -0.2) is 47.4 Å². The molecule has 0 aliphatic heterocycles. The van der Waals surface area contributed by atoms with Gasteiger partial charge in [-0.05, 0) is 35.7 Å². The van der Waals surface area contributed by atoms with Crippen molar-refractivity contribution in [3.63, 3.8) is 0 Å². The van der Waals surface area contributed by atoms with E-state index in [2.05, 4.69) is 15.6 Å². The molecule has 1 aromatic heterocycles. The van der Waals surface area contributed by atoms with E-state index in [0.717, 1.165) is 28.6 Å². The molecule has 5 N–H and O–H groups in total. The first kappa shape index (κ1) is 34.0. The molecule has 1 amide bonds. The van der Waals surface area contributed by atoms with E-state index in [-0.39, 0.29) is 30.0 Å². The number of aromatic amines is 1. The fourth-order valence-corrected chi connectivity index (χ4v) is 3.52. The van der Waals surface area contributed by atoms with Crippen LogP contribution in [0.15, 0.2) is 48.7 Å². The topological polar surface area (TPSA) is 117 Å². The number of Topliss-reactive ketones (excluding diaryl/α,β-unsaturated/α-hetero) is 2. The summed E-state index contributed by atoms with van der Waals surface area (Å²) in [5.41, 5.74) is 7.32. The van der Waals surface area contributed by atoms with Gasteiger partial charge in [-0.15, -0.1) is 0 Å². The number of fused-ring (bicyclic) bond motifs is 1. The van der Waals surface area contributed by atoms with Crippen LogP contribution >= 0.6 is 0 Å². The third-order valence-corrected chi connectivity index (χ3v) is 5.79. The summed E-state index contributed by atoms with van der Waals surface area (Å²) in [6, 6.07) is 10.8. The molecular formula is C26H25F9N4O3. The number of ketones is 2. The van der Waals surface area contributed by atoms with Gasteiger partial charge in [-0.1, -0.05) is 32.0 Å². The number of hydrogen-bond donors (Lipinski definition) is 4. The zero-order valence-corrected chi connectivity index (χ0v) is 21.9. The van der Waals surface area contributed by atoms with Crippen molar-refractivity contribution in [2.45, 2.75) is 44.8 Å². The number of aromatic nitrogens is 1. The van der Waals surface area contributed by atoms with Gasteiger partial charge in [-0.3, -0.25) is 14.4 Å². The predicted molar refractivity (Wildman–Crippen MR) is 135 cm³/mol. The second-order valence-electron chi connectivity index (χ2n) is 9.29. The molecule has 230 valence electrons. The summed E-state index contributed by atoms with van der Waals surface area (Å²) in [5, 5.41) is 7.07. The normalized spacial score (nSPS) is 12.9. The van der Waals surface area contributed by atoms with Crippen molar-refractivity contribution in [3.8, 4) is 0 Å². The summed E-state index contributed by atoms with van der Waals surface area (Å²) in [7, 11) is 0. The number of nitrogens with one attached hydrogen (secondary N) is 3. The molecule has 1 atom stereocenters. The standard InChI is InChI=1S/C22H25F3N4O.C4F6O2/c1-13(2)20(29-19-8-7-15(10-17(19)26)22(23,24)25)12-28-21(30)9-14-11-27-18-6-4-3-5-16(14)18;5-3(6,7)1(11)2(12)4(8,9)10/h3-8,10-11,13,20,27,29H,9,12,26H2,1-2H3,(H,28,30);/t20-;/m0./s1. The number of nitrogen functional groups attached to an aromatic ring is 1. The summed E-state index contributed by atoms with van der Waals surface area (Å²) < 4.78 is 105. The van der Waals surface area contributed by atoms with Gasteiger partial charge in [-0.25, -0.2) is 0 Å². The van der Waals surface area contributed by atoms with Crippen LogP contribution in [0.5, 0.6) is 0 Å². The highest BCUT2D eigenvalue weighted by Crippen LogP contribution is 2.33. The number of H-pyrrole nitrogens is 1. The van der Waals surface area contributed by atoms with E-state index < -0.39 is 35.7 Å². The minimum absolute atomic E-state index is 0.0144. The molecule has 0 aliphatic carbocycles. The number of para-hydroxylation sites is 1. The number of carbonyl (C=O) groups is 3. The smallest absolute Gasteiger partial charge is 0.397 e. The van der Waals surface area contributed by atoms with Crippen LogP contribution < -0.4 is 16.4 Å². The number of nitrogens with two attached hydrogens (primary N) is 1. The van der Waals surface area contributed by atoms with Crippen molar-refractivity contribution in [1.82, 2.24) is 10.3 Å². The maximum atomic E-state index is 12.8. The molecule has 7 nitrogen and oxygen atoms in total. The number of anilines is 2. The fourth-order valence-electron chi connectivity index (χ4n) is 3.52. The minimum atomic E-state index is -5.77. The number of carbonyl (C=O) groups excluding carboxylic acids is 3. The SMILES string of the molecule is CC(C)[C@H](CNC(=O)Cc1c[nH]c2ccccc12)Nc1ccc(C(F)(F)F)cc1N.O=C(C(=O)C(F)(F)F)C(F)(F)F. The van der Waals surface area contributed by atoms with E-state index >= 15 is 0 Å². The third-order valence-electron chi connectivity index (χ3n) is 5.79. The first-order chi connectivity index (χ1) is 19.2. The first-order valence-electron chi connectivity index (χ1n) is 12.0. The second-order valence-corrected chi connectivity index (χ2v) is 9.29. The maximum Gasteiger partial charge on any atom is 0.458 e. The molecule has 2 aromatic carbocycles. The second kappa shape index (κ2) is 13.2. The monoisotopic (exact) mass is 612 g/mol. The van der Waals surface area contributed by atoms with Gasteiger partial charge in [0.15, 0.2) is 0 Å². The summed E-state index contributed by atoms with van der Waals surface area (Å²) in [6.07, 6.45) is -13.9. The van der Waals surface area contributed by atoms with E-state index in [1.54, 1.807) is 0 Å². The molecule has 0 bridgehead atoms. The first-order valence-corrected chi connectivity index (χ1v) is 12.0. The Balaban J connectivity index is 0.000000435. The molecular weight excluding hydrogens is 587 g/mol. The van der Waals surface area contributed by atoms with Crippen molar-refractivity contribution in [1.29, 1.82) is 0 Å². The molecule has 0 saturated carbocycles. The quantitative estimate of drug-likeness (QED) is 0.146. The van der Waals surface area contributed by atoms with Gasteiger partial charge in [0.1, 0.15) is 0 Å². The summed E-state index contributed by atoms with van der Waals surface area (Å²) >= 11 is 0. The summed E-state index contributed by atoms with van der Waals surface area (Å²) in [5.74, 6) is -6.84. The minimum Gasteiger partial charge on any atom is -0.397 e. The number of amides is 1. The largest absolute Gasteiger partial charge is 0.458 e. The van der Waals surface area contributed by atoms with E-state index in [0.29, 0.717) is 12.2 Å². The molecule has 3 aromatic rings. The lowest BCUT2D eigenvalue weighted by molar-refractivity contribution is -0.193. The van der Waals surface area contributed by atoms with Crippen molar-refractivity contribution in [3.05, 3.63) is 59.8 Å². The Hall–Kier alpha value is -4.24. The van der Waals surface area contributed by atoms with E-state index in [1.165, 1.54) is 6.07 Å². The van der Waals surface area contributed by atoms with Crippen LogP contribution in [-0.2, 0) is 27.0 Å². The lowest BCUT2D eigenvalue weighted by atomic mass is 10.0. The Labute approximate surface area is 232 Å². The van der Waals surface area contributed by atoms with Crippen LogP contribution in [0.2, 0.25) is 0 Å². The molecule has 42 heavy (non-hydrogen) atoms. The van der Waals surface area contributed by atoms with Gasteiger partial charge >= 0.3 is 30.1 Å². The highest BCUT2D eigenvalue weighted by atomic mass is 19.4. The van der Waals surface area contributed by atoms with Gasteiger partial charge < -0.3 is 21.4 Å². The predicted octanol–water partition coefficient (Wildman–Crippen LogP) is 5.81. The summed E-state index contributed by atoms with van der Waals surface area (Å²) in [4.78, 5) is 34.8. The van der Waals surface area contributed by atoms with Crippen LogP contribution in [0.1, 0.15) is 25.0 Å². The van der Waals surface area contributed by atoms with Crippen molar-refractivity contribution < 1.29 is 53.9 Å². The van der Waals surface area contributed by atoms with Crippen LogP contribution in [0.25, 0.3) is 10.9 Å². The van der Waals surface area contributed by atoms with Gasteiger partial charge in [0.2, 0.25) is 5.91 Å². The fraction of sp³-hybridized carbons (Fsp3) is 0.346. The van der Waals surface area contributed by atoms with Crippen LogP contribution in [0.3, 0.4) is 0 Å². The van der Waals surface area contributed by atoms with E-state index in [4.69, 9.17) is 5.73 Å². The van der Waals surface area contributed by atoms with Crippen molar-refractivity contribution in [2.75, 3.05) is 17.6 Å². The number of halogens is 9.